The zero-order valence-electron chi connectivity index (χ0n) is 22.9. The number of Topliss-reactive ketones (excluding diaryl/α,β-unsaturated/α-hetero) is 1. The summed E-state index contributed by atoms with van der Waals surface area (Å²) < 4.78 is 19.0. The van der Waals surface area contributed by atoms with Crippen LogP contribution in [0.5, 0.6) is 0 Å². The fraction of sp³-hybridized carbons (Fsp3) is 0.967. The summed E-state index contributed by atoms with van der Waals surface area (Å²) in [5.41, 5.74) is -0.0202. The van der Waals surface area contributed by atoms with Crippen molar-refractivity contribution in [2.75, 3.05) is 0 Å². The van der Waals surface area contributed by atoms with Crippen molar-refractivity contribution in [2.24, 2.45) is 45.3 Å². The minimum atomic E-state index is -0.686. The zero-order valence-corrected chi connectivity index (χ0v) is 22.9. The summed E-state index contributed by atoms with van der Waals surface area (Å²) in [5, 5.41) is 11.1. The molecule has 0 amide bonds. The molecule has 3 saturated heterocycles. The summed E-state index contributed by atoms with van der Waals surface area (Å²) >= 11 is 0. The predicted molar refractivity (Wildman–Crippen MR) is 131 cm³/mol. The predicted octanol–water partition coefficient (Wildman–Crippen LogP) is 5.27. The number of carbonyl (C=O) groups excluding carboxylic acids is 1. The Morgan fingerprint density at radius 2 is 1.60 bits per heavy atom. The van der Waals surface area contributed by atoms with Gasteiger partial charge in [-0.25, -0.2) is 0 Å². The Kier molecular flexibility index (Phi) is 4.42. The number of aliphatic hydroxyl groups excluding tert-OH is 1. The molecule has 4 saturated carbocycles. The first-order chi connectivity index (χ1) is 16.2. The van der Waals surface area contributed by atoms with Crippen LogP contribution in [-0.4, -0.2) is 46.7 Å². The fourth-order valence-electron chi connectivity index (χ4n) is 11.5. The van der Waals surface area contributed by atoms with Gasteiger partial charge in [-0.2, -0.15) is 0 Å². The Bertz CT molecular complexity index is 974. The Morgan fingerprint density at radius 1 is 0.886 bits per heavy atom. The number of carbonyl (C=O) groups is 1. The molecule has 3 heterocycles. The first kappa shape index (κ1) is 23.6. The number of ketones is 1. The highest BCUT2D eigenvalue weighted by atomic mass is 16.7. The molecule has 7 aliphatic rings. The summed E-state index contributed by atoms with van der Waals surface area (Å²) in [7, 11) is 0. The molecule has 1 spiro atoms. The van der Waals surface area contributed by atoms with Crippen molar-refractivity contribution in [3.05, 3.63) is 0 Å². The maximum absolute atomic E-state index is 12.9. The van der Waals surface area contributed by atoms with Crippen molar-refractivity contribution in [1.29, 1.82) is 0 Å². The SMILES string of the molecule is CC1(C)O[C@@H]1[C@H]1C[C@@H]([C@@H]2CC[C@]3(C)[C@@]45O[C@@H]4C[C@H]4C(C)(C)C(=O)CC[C@]4(C)[C@@H]5CC[C@@]23C)[C@@H](O)O1. The van der Waals surface area contributed by atoms with Crippen molar-refractivity contribution in [3.8, 4) is 0 Å². The quantitative estimate of drug-likeness (QED) is 0.538. The van der Waals surface area contributed by atoms with Crippen molar-refractivity contribution in [2.45, 2.75) is 136 Å². The van der Waals surface area contributed by atoms with Crippen LogP contribution in [-0.2, 0) is 19.0 Å². The Hall–Kier alpha value is -0.490. The second kappa shape index (κ2) is 6.55. The van der Waals surface area contributed by atoms with Gasteiger partial charge in [-0.05, 0) is 87.4 Å². The van der Waals surface area contributed by atoms with E-state index in [1.165, 1.54) is 19.3 Å². The highest BCUT2D eigenvalue weighted by Gasteiger charge is 2.84. The molecule has 0 radical (unpaired) electrons. The fourth-order valence-corrected chi connectivity index (χ4v) is 11.5. The van der Waals surface area contributed by atoms with Gasteiger partial charge in [-0.1, -0.05) is 34.6 Å². The number of hydrogen-bond acceptors (Lipinski definition) is 5. The van der Waals surface area contributed by atoms with Gasteiger partial charge >= 0.3 is 0 Å². The molecule has 0 aromatic carbocycles. The van der Waals surface area contributed by atoms with E-state index in [1.807, 2.05) is 0 Å². The second-order valence-electron chi connectivity index (χ2n) is 15.4. The molecule has 196 valence electrons. The average Bonchev–Trinajstić information content (AvgIpc) is 3.57. The average molecular weight is 487 g/mol. The normalized spacial score (nSPS) is 61.4. The van der Waals surface area contributed by atoms with Crippen molar-refractivity contribution >= 4 is 5.78 Å². The van der Waals surface area contributed by atoms with Crippen LogP contribution in [0.2, 0.25) is 0 Å². The van der Waals surface area contributed by atoms with E-state index in [9.17, 15) is 9.90 Å². The minimum absolute atomic E-state index is 0.0104. The number of epoxide rings is 2. The van der Waals surface area contributed by atoms with Crippen LogP contribution in [0.4, 0.5) is 0 Å². The first-order valence-corrected chi connectivity index (χ1v) is 14.4. The summed E-state index contributed by atoms with van der Waals surface area (Å²) in [4.78, 5) is 12.9. The molecule has 35 heavy (non-hydrogen) atoms. The lowest BCUT2D eigenvalue weighted by Gasteiger charge is -2.65. The van der Waals surface area contributed by atoms with E-state index in [-0.39, 0.29) is 57.1 Å². The maximum atomic E-state index is 12.9. The molecule has 4 aliphatic carbocycles. The van der Waals surface area contributed by atoms with E-state index >= 15 is 0 Å². The van der Waals surface area contributed by atoms with Crippen LogP contribution in [0.3, 0.4) is 0 Å². The van der Waals surface area contributed by atoms with Crippen LogP contribution in [0.25, 0.3) is 0 Å². The smallest absolute Gasteiger partial charge is 0.158 e. The van der Waals surface area contributed by atoms with Crippen LogP contribution in [0.15, 0.2) is 0 Å². The van der Waals surface area contributed by atoms with Gasteiger partial charge in [0.1, 0.15) is 17.5 Å². The highest BCUT2D eigenvalue weighted by molar-refractivity contribution is 5.85. The van der Waals surface area contributed by atoms with E-state index in [1.54, 1.807) is 0 Å². The molecular formula is C30H46O5. The van der Waals surface area contributed by atoms with Crippen molar-refractivity contribution in [3.63, 3.8) is 0 Å². The Morgan fingerprint density at radius 3 is 2.29 bits per heavy atom. The third kappa shape index (κ3) is 2.58. The number of aliphatic hydroxyl groups is 1. The molecular weight excluding hydrogens is 440 g/mol. The summed E-state index contributed by atoms with van der Waals surface area (Å²) in [6.45, 7) is 16.2. The van der Waals surface area contributed by atoms with Crippen LogP contribution < -0.4 is 0 Å². The molecule has 5 heteroatoms. The van der Waals surface area contributed by atoms with Crippen LogP contribution in [0.1, 0.15) is 99.8 Å². The van der Waals surface area contributed by atoms with Crippen LogP contribution in [0, 0.1) is 45.3 Å². The third-order valence-electron chi connectivity index (χ3n) is 13.7. The monoisotopic (exact) mass is 486 g/mol. The maximum Gasteiger partial charge on any atom is 0.158 e. The molecule has 3 aliphatic heterocycles. The summed E-state index contributed by atoms with van der Waals surface area (Å²) in [5.74, 6) is 2.02. The molecule has 1 N–H and O–H groups in total. The van der Waals surface area contributed by atoms with E-state index in [0.29, 0.717) is 23.5 Å². The number of fused-ring (bicyclic) bond motifs is 3. The lowest BCUT2D eigenvalue weighted by molar-refractivity contribution is -0.181. The van der Waals surface area contributed by atoms with Crippen molar-refractivity contribution in [1.82, 2.24) is 0 Å². The third-order valence-corrected chi connectivity index (χ3v) is 13.7. The largest absolute Gasteiger partial charge is 0.368 e. The van der Waals surface area contributed by atoms with Gasteiger partial charge in [-0.15, -0.1) is 0 Å². The highest BCUT2D eigenvalue weighted by Crippen LogP contribution is 2.82. The van der Waals surface area contributed by atoms with E-state index in [2.05, 4.69) is 48.5 Å². The molecule has 5 nitrogen and oxygen atoms in total. The van der Waals surface area contributed by atoms with E-state index in [4.69, 9.17) is 14.2 Å². The van der Waals surface area contributed by atoms with Crippen molar-refractivity contribution < 1.29 is 24.1 Å². The van der Waals surface area contributed by atoms with Gasteiger partial charge in [0.05, 0.1) is 17.8 Å². The van der Waals surface area contributed by atoms with Crippen LogP contribution >= 0.6 is 0 Å². The molecule has 0 aromatic rings. The van der Waals surface area contributed by atoms with Gasteiger partial charge < -0.3 is 19.3 Å². The van der Waals surface area contributed by atoms with Gasteiger partial charge in [0, 0.05) is 23.2 Å². The van der Waals surface area contributed by atoms with Gasteiger partial charge in [0.2, 0.25) is 0 Å². The van der Waals surface area contributed by atoms with Gasteiger partial charge in [-0.3, -0.25) is 4.79 Å². The lowest BCUT2D eigenvalue weighted by Crippen LogP contribution is -2.66. The van der Waals surface area contributed by atoms with Gasteiger partial charge in [0.15, 0.2) is 6.29 Å². The Balaban J connectivity index is 1.20. The molecule has 0 bridgehead atoms. The minimum Gasteiger partial charge on any atom is -0.368 e. The molecule has 0 aromatic heterocycles. The van der Waals surface area contributed by atoms with E-state index in [0.717, 1.165) is 32.1 Å². The number of rotatable bonds is 2. The molecule has 7 fully saturated rings. The molecule has 12 atom stereocenters. The van der Waals surface area contributed by atoms with Gasteiger partial charge in [0.25, 0.3) is 0 Å². The van der Waals surface area contributed by atoms with E-state index < -0.39 is 6.29 Å². The topological polar surface area (TPSA) is 71.6 Å². The zero-order chi connectivity index (χ0) is 25.0. The Labute approximate surface area is 211 Å². The summed E-state index contributed by atoms with van der Waals surface area (Å²) in [6, 6.07) is 0. The first-order valence-electron chi connectivity index (χ1n) is 14.4. The lowest BCUT2D eigenvalue weighted by atomic mass is 9.38. The molecule has 7 rings (SSSR count). The molecule has 0 unspecified atom stereocenters. The standard InChI is InChI=1S/C30H46O5/c1-25(2)20-15-22-30(34-22)19(27(20,5)11-10-21(25)31)9-12-28(6)17(8-13-29(28,30)7)16-14-18(33-24(16)32)23-26(3,4)35-23/h16-20,22-24,32H,8-15H2,1-7H3/t16-,17-,18+,19-,20-,22+,23+,24-,27+,28-,29-,30-/m0/s1. The number of hydrogen-bond donors (Lipinski definition) is 1. The summed E-state index contributed by atoms with van der Waals surface area (Å²) in [6.07, 6.45) is 8.10. The second-order valence-corrected chi connectivity index (χ2v) is 15.4. The number of ether oxygens (including phenoxy) is 3.